The van der Waals surface area contributed by atoms with E-state index in [1.54, 1.807) is 0 Å². The lowest BCUT2D eigenvalue weighted by atomic mass is 10.2. The summed E-state index contributed by atoms with van der Waals surface area (Å²) in [4.78, 5) is 5.67. The Balaban J connectivity index is 2.12. The first-order valence-corrected chi connectivity index (χ1v) is 13.2. The van der Waals surface area contributed by atoms with E-state index in [9.17, 15) is 0 Å². The Kier molecular flexibility index (Phi) is 10.8. The van der Waals surface area contributed by atoms with Gasteiger partial charge in [-0.2, -0.15) is 0 Å². The summed E-state index contributed by atoms with van der Waals surface area (Å²) >= 11 is 5.94. The standard InChI is InChI=1S/C24H34S3/c1-5-9-15-25-21-11-13-23(19(7-3)17-21)27-24-14-12-22(18-20(24)8-4)26-16-10-6-2/h11-14,17-18H,5-10,15-16H2,1-4H3. The van der Waals surface area contributed by atoms with Gasteiger partial charge in [0.25, 0.3) is 0 Å². The fourth-order valence-electron chi connectivity index (χ4n) is 2.83. The molecule has 0 amide bonds. The van der Waals surface area contributed by atoms with Gasteiger partial charge in [0, 0.05) is 19.6 Å². The molecule has 0 N–H and O–H groups in total. The Hall–Kier alpha value is -0.510. The molecule has 0 aliphatic heterocycles. The summed E-state index contributed by atoms with van der Waals surface area (Å²) < 4.78 is 0. The molecule has 0 aliphatic rings. The number of unbranched alkanes of at least 4 members (excludes halogenated alkanes) is 2. The number of thioether (sulfide) groups is 2. The summed E-state index contributed by atoms with van der Waals surface area (Å²) in [6.07, 6.45) is 7.33. The zero-order chi connectivity index (χ0) is 19.5. The molecule has 27 heavy (non-hydrogen) atoms. The van der Waals surface area contributed by atoms with Crippen LogP contribution in [0.3, 0.4) is 0 Å². The number of hydrogen-bond acceptors (Lipinski definition) is 3. The number of benzene rings is 2. The van der Waals surface area contributed by atoms with E-state index in [0.29, 0.717) is 0 Å². The molecule has 0 atom stereocenters. The molecule has 0 saturated carbocycles. The maximum absolute atomic E-state index is 2.41. The van der Waals surface area contributed by atoms with Crippen LogP contribution in [0.2, 0.25) is 0 Å². The van der Waals surface area contributed by atoms with Crippen molar-refractivity contribution in [2.45, 2.75) is 85.8 Å². The second-order valence-electron chi connectivity index (χ2n) is 6.75. The van der Waals surface area contributed by atoms with Crippen molar-refractivity contribution in [3.05, 3.63) is 47.5 Å². The second-order valence-corrected chi connectivity index (χ2v) is 10.2. The average Bonchev–Trinajstić information content (AvgIpc) is 2.70. The Morgan fingerprint density at radius 1 is 0.630 bits per heavy atom. The molecular formula is C24H34S3. The molecule has 0 unspecified atom stereocenters. The molecule has 0 heterocycles. The zero-order valence-corrected chi connectivity index (χ0v) is 19.8. The second kappa shape index (κ2) is 12.9. The topological polar surface area (TPSA) is 0 Å². The Labute approximate surface area is 179 Å². The number of aryl methyl sites for hydroxylation is 2. The maximum Gasteiger partial charge on any atom is 0.0155 e. The van der Waals surface area contributed by atoms with E-state index in [4.69, 9.17) is 0 Å². The van der Waals surface area contributed by atoms with Gasteiger partial charge in [-0.25, -0.2) is 0 Å². The normalized spacial score (nSPS) is 11.1. The van der Waals surface area contributed by atoms with E-state index in [0.717, 1.165) is 12.8 Å². The highest BCUT2D eigenvalue weighted by Gasteiger charge is 2.09. The smallest absolute Gasteiger partial charge is 0.0155 e. The molecule has 0 aromatic heterocycles. The summed E-state index contributed by atoms with van der Waals surface area (Å²) in [5, 5.41) is 0. The van der Waals surface area contributed by atoms with Gasteiger partial charge in [0.05, 0.1) is 0 Å². The van der Waals surface area contributed by atoms with Crippen molar-refractivity contribution in [3.8, 4) is 0 Å². The number of hydrogen-bond donors (Lipinski definition) is 0. The molecule has 0 saturated heterocycles. The third-order valence-corrected chi connectivity index (χ3v) is 7.98. The molecule has 0 radical (unpaired) electrons. The van der Waals surface area contributed by atoms with Gasteiger partial charge in [0.1, 0.15) is 0 Å². The van der Waals surface area contributed by atoms with E-state index in [-0.39, 0.29) is 0 Å². The summed E-state index contributed by atoms with van der Waals surface area (Å²) in [7, 11) is 0. The summed E-state index contributed by atoms with van der Waals surface area (Å²) in [5.74, 6) is 2.45. The van der Waals surface area contributed by atoms with Crippen LogP contribution in [0.25, 0.3) is 0 Å². The third kappa shape index (κ3) is 7.44. The van der Waals surface area contributed by atoms with Crippen LogP contribution in [-0.2, 0) is 12.8 Å². The van der Waals surface area contributed by atoms with Crippen LogP contribution in [0.1, 0.15) is 64.5 Å². The van der Waals surface area contributed by atoms with E-state index >= 15 is 0 Å². The molecule has 2 aromatic carbocycles. The van der Waals surface area contributed by atoms with Crippen LogP contribution < -0.4 is 0 Å². The van der Waals surface area contributed by atoms with Crippen LogP contribution in [0.15, 0.2) is 56.0 Å². The minimum atomic E-state index is 1.09. The SMILES string of the molecule is CCCCSc1ccc(Sc2ccc(SCCCC)cc2CC)c(CC)c1. The summed E-state index contributed by atoms with van der Waals surface area (Å²) in [6.45, 7) is 9.06. The fraction of sp³-hybridized carbons (Fsp3) is 0.500. The Morgan fingerprint density at radius 3 is 1.44 bits per heavy atom. The van der Waals surface area contributed by atoms with Gasteiger partial charge in [0.2, 0.25) is 0 Å². The van der Waals surface area contributed by atoms with Crippen LogP contribution in [0.5, 0.6) is 0 Å². The molecule has 2 aromatic rings. The highest BCUT2D eigenvalue weighted by molar-refractivity contribution is 8.00. The molecule has 0 nitrogen and oxygen atoms in total. The van der Waals surface area contributed by atoms with Gasteiger partial charge >= 0.3 is 0 Å². The summed E-state index contributed by atoms with van der Waals surface area (Å²) in [6, 6.07) is 14.1. The number of rotatable bonds is 12. The first-order valence-electron chi connectivity index (χ1n) is 10.4. The lowest BCUT2D eigenvalue weighted by molar-refractivity contribution is 0.896. The molecule has 0 fully saturated rings. The van der Waals surface area contributed by atoms with Gasteiger partial charge in [-0.05, 0) is 84.7 Å². The van der Waals surface area contributed by atoms with Gasteiger partial charge in [-0.15, -0.1) is 23.5 Å². The van der Waals surface area contributed by atoms with Gasteiger partial charge in [-0.3, -0.25) is 0 Å². The average molecular weight is 419 g/mol. The van der Waals surface area contributed by atoms with Crippen molar-refractivity contribution >= 4 is 35.3 Å². The van der Waals surface area contributed by atoms with Crippen molar-refractivity contribution in [1.82, 2.24) is 0 Å². The fourth-order valence-corrected chi connectivity index (χ4v) is 6.13. The molecule has 2 rings (SSSR count). The van der Waals surface area contributed by atoms with Gasteiger partial charge in [-0.1, -0.05) is 52.3 Å². The van der Waals surface area contributed by atoms with Crippen LogP contribution in [-0.4, -0.2) is 11.5 Å². The predicted molar refractivity (Wildman–Crippen MR) is 127 cm³/mol. The Morgan fingerprint density at radius 2 is 1.07 bits per heavy atom. The summed E-state index contributed by atoms with van der Waals surface area (Å²) in [5.41, 5.74) is 2.95. The molecule has 0 aliphatic carbocycles. The molecular weight excluding hydrogens is 384 g/mol. The van der Waals surface area contributed by atoms with Crippen molar-refractivity contribution in [2.24, 2.45) is 0 Å². The van der Waals surface area contributed by atoms with E-state index in [1.807, 2.05) is 35.3 Å². The van der Waals surface area contributed by atoms with E-state index in [1.165, 1.54) is 67.9 Å². The third-order valence-electron chi connectivity index (χ3n) is 4.58. The van der Waals surface area contributed by atoms with Crippen molar-refractivity contribution < 1.29 is 0 Å². The Bertz CT molecular complexity index is 635. The lowest BCUT2D eigenvalue weighted by Crippen LogP contribution is -1.91. The maximum atomic E-state index is 2.41. The van der Waals surface area contributed by atoms with Crippen LogP contribution in [0.4, 0.5) is 0 Å². The molecule has 3 heteroatoms. The quantitative estimate of drug-likeness (QED) is 0.250. The monoisotopic (exact) mass is 418 g/mol. The van der Waals surface area contributed by atoms with Crippen molar-refractivity contribution in [2.75, 3.05) is 11.5 Å². The molecule has 148 valence electrons. The first-order chi connectivity index (χ1) is 13.2. The highest BCUT2D eigenvalue weighted by atomic mass is 32.2. The largest absolute Gasteiger partial charge is 0.126 e. The zero-order valence-electron chi connectivity index (χ0n) is 17.3. The molecule has 0 bridgehead atoms. The van der Waals surface area contributed by atoms with Crippen molar-refractivity contribution in [1.29, 1.82) is 0 Å². The van der Waals surface area contributed by atoms with Gasteiger partial charge < -0.3 is 0 Å². The minimum absolute atomic E-state index is 1.09. The minimum Gasteiger partial charge on any atom is -0.126 e. The predicted octanol–water partition coefficient (Wildman–Crippen LogP) is 8.75. The molecule has 0 spiro atoms. The van der Waals surface area contributed by atoms with Crippen molar-refractivity contribution in [3.63, 3.8) is 0 Å². The lowest BCUT2D eigenvalue weighted by Gasteiger charge is -2.13. The van der Waals surface area contributed by atoms with Gasteiger partial charge in [0.15, 0.2) is 0 Å². The highest BCUT2D eigenvalue weighted by Crippen LogP contribution is 2.37. The van der Waals surface area contributed by atoms with E-state index in [2.05, 4.69) is 64.1 Å². The first kappa shape index (κ1) is 22.8. The van der Waals surface area contributed by atoms with E-state index < -0.39 is 0 Å². The van der Waals surface area contributed by atoms with Crippen LogP contribution in [0, 0.1) is 0 Å². The van der Waals surface area contributed by atoms with Crippen LogP contribution >= 0.6 is 35.3 Å².